The Morgan fingerprint density at radius 1 is 0.304 bits per heavy atom. The molecule has 6 nitrogen and oxygen atoms in total. The Kier molecular flexibility index (Phi) is 54.3. The van der Waals surface area contributed by atoms with Crippen molar-refractivity contribution < 1.29 is 28.6 Å². The largest absolute Gasteiger partial charge is 0.462 e. The van der Waals surface area contributed by atoms with Gasteiger partial charge in [-0.15, -0.1) is 0 Å². The summed E-state index contributed by atoms with van der Waals surface area (Å²) in [5.41, 5.74) is 0. The van der Waals surface area contributed by atoms with Gasteiger partial charge in [-0.2, -0.15) is 0 Å². The van der Waals surface area contributed by atoms with Crippen LogP contribution in [0.4, 0.5) is 0 Å². The summed E-state index contributed by atoms with van der Waals surface area (Å²) in [5.74, 6) is -0.914. The normalized spacial score (nSPS) is 12.7. The highest BCUT2D eigenvalue weighted by atomic mass is 16.6. The van der Waals surface area contributed by atoms with Crippen LogP contribution < -0.4 is 0 Å². The highest BCUT2D eigenvalue weighted by Crippen LogP contribution is 2.15. The molecule has 0 aliphatic rings. The molecule has 0 rings (SSSR count). The molecule has 0 radical (unpaired) electrons. The summed E-state index contributed by atoms with van der Waals surface area (Å²) in [6, 6.07) is 0. The van der Waals surface area contributed by atoms with E-state index in [0.29, 0.717) is 19.3 Å². The SMILES string of the molecule is CC/C=C\C/C=C\C/C=C\C/C=C\C/C=C\C/C=C\CCCCCCC(=O)OCC(COC(=O)CCCCCCCCC)OC(=O)CCCCCCCCCCC/C=C\CCCCCCCCCC. The second-order valence-corrected chi connectivity index (χ2v) is 19.2. The first-order chi connectivity index (χ1) is 34.0. The third-order valence-corrected chi connectivity index (χ3v) is 12.4. The van der Waals surface area contributed by atoms with E-state index >= 15 is 0 Å². The molecule has 0 fully saturated rings. The average Bonchev–Trinajstić information content (AvgIpc) is 3.35. The minimum absolute atomic E-state index is 0.0848. The van der Waals surface area contributed by atoms with Gasteiger partial charge < -0.3 is 14.2 Å². The van der Waals surface area contributed by atoms with Gasteiger partial charge >= 0.3 is 17.9 Å². The van der Waals surface area contributed by atoms with Gasteiger partial charge in [-0.1, -0.05) is 247 Å². The van der Waals surface area contributed by atoms with Crippen LogP contribution in [0.15, 0.2) is 85.1 Å². The molecule has 0 amide bonds. The second kappa shape index (κ2) is 57.2. The van der Waals surface area contributed by atoms with Crippen molar-refractivity contribution in [1.82, 2.24) is 0 Å². The van der Waals surface area contributed by atoms with Crippen LogP contribution in [-0.2, 0) is 28.6 Å². The molecule has 0 aliphatic carbocycles. The van der Waals surface area contributed by atoms with Crippen molar-refractivity contribution in [3.05, 3.63) is 85.1 Å². The summed E-state index contributed by atoms with van der Waals surface area (Å²) in [7, 11) is 0. The quantitative estimate of drug-likeness (QED) is 0.0262. The average molecular weight is 962 g/mol. The van der Waals surface area contributed by atoms with Crippen molar-refractivity contribution >= 4 is 17.9 Å². The van der Waals surface area contributed by atoms with Crippen molar-refractivity contribution in [3.63, 3.8) is 0 Å². The number of allylic oxidation sites excluding steroid dienone is 14. The van der Waals surface area contributed by atoms with Gasteiger partial charge in [0.1, 0.15) is 13.2 Å². The zero-order valence-corrected chi connectivity index (χ0v) is 45.3. The lowest BCUT2D eigenvalue weighted by atomic mass is 10.1. The number of hydrogen-bond donors (Lipinski definition) is 0. The maximum Gasteiger partial charge on any atom is 0.306 e. The van der Waals surface area contributed by atoms with Crippen LogP contribution in [0.1, 0.15) is 278 Å². The molecule has 0 saturated carbocycles. The van der Waals surface area contributed by atoms with Crippen molar-refractivity contribution in [2.45, 2.75) is 284 Å². The second-order valence-electron chi connectivity index (χ2n) is 19.2. The third-order valence-electron chi connectivity index (χ3n) is 12.4. The molecule has 0 heterocycles. The van der Waals surface area contributed by atoms with E-state index < -0.39 is 6.10 Å². The molecule has 396 valence electrons. The summed E-state index contributed by atoms with van der Waals surface area (Å²) in [6.07, 6.45) is 74.5. The fourth-order valence-electron chi connectivity index (χ4n) is 8.03. The Hall–Kier alpha value is -3.41. The molecule has 1 unspecified atom stereocenters. The van der Waals surface area contributed by atoms with Gasteiger partial charge in [0.25, 0.3) is 0 Å². The first-order valence-electron chi connectivity index (χ1n) is 29.1. The molecule has 0 aromatic rings. The zero-order valence-electron chi connectivity index (χ0n) is 45.3. The van der Waals surface area contributed by atoms with Crippen LogP contribution in [0.2, 0.25) is 0 Å². The number of carbonyl (C=O) groups excluding carboxylic acids is 3. The molecule has 69 heavy (non-hydrogen) atoms. The number of unbranched alkanes of at least 4 members (excludes halogenated alkanes) is 27. The summed E-state index contributed by atoms with van der Waals surface area (Å²) < 4.78 is 16.8. The number of hydrogen-bond acceptors (Lipinski definition) is 6. The van der Waals surface area contributed by atoms with Crippen LogP contribution in [0.25, 0.3) is 0 Å². The molecule has 0 spiro atoms. The van der Waals surface area contributed by atoms with E-state index in [0.717, 1.165) is 109 Å². The predicted molar refractivity (Wildman–Crippen MR) is 297 cm³/mol. The third kappa shape index (κ3) is 55.4. The van der Waals surface area contributed by atoms with Gasteiger partial charge in [0.2, 0.25) is 0 Å². The first-order valence-corrected chi connectivity index (χ1v) is 29.1. The molecule has 0 saturated heterocycles. The number of rotatable bonds is 52. The van der Waals surface area contributed by atoms with Gasteiger partial charge in [0, 0.05) is 19.3 Å². The molecular weight excluding hydrogens is 853 g/mol. The lowest BCUT2D eigenvalue weighted by Crippen LogP contribution is -2.30. The van der Waals surface area contributed by atoms with Gasteiger partial charge in [0.05, 0.1) is 0 Å². The summed E-state index contributed by atoms with van der Waals surface area (Å²) in [6.45, 7) is 6.47. The molecule has 0 aromatic heterocycles. The maximum atomic E-state index is 12.8. The van der Waals surface area contributed by atoms with E-state index in [1.165, 1.54) is 128 Å². The number of ether oxygens (including phenoxy) is 3. The van der Waals surface area contributed by atoms with Crippen molar-refractivity contribution in [2.75, 3.05) is 13.2 Å². The van der Waals surface area contributed by atoms with E-state index in [1.807, 2.05) is 0 Å². The van der Waals surface area contributed by atoms with Crippen LogP contribution in [0.5, 0.6) is 0 Å². The molecular formula is C63H108O6. The van der Waals surface area contributed by atoms with Gasteiger partial charge in [-0.25, -0.2) is 0 Å². The smallest absolute Gasteiger partial charge is 0.306 e. The molecule has 0 bridgehead atoms. The fraction of sp³-hybridized carbons (Fsp3) is 0.730. The lowest BCUT2D eigenvalue weighted by Gasteiger charge is -2.18. The molecule has 0 aliphatic heterocycles. The summed E-state index contributed by atoms with van der Waals surface area (Å²) in [5, 5.41) is 0. The molecule has 0 aromatic carbocycles. The Labute approximate surface area is 426 Å². The monoisotopic (exact) mass is 961 g/mol. The van der Waals surface area contributed by atoms with Gasteiger partial charge in [-0.05, 0) is 96.3 Å². The van der Waals surface area contributed by atoms with Crippen molar-refractivity contribution in [1.29, 1.82) is 0 Å². The van der Waals surface area contributed by atoms with Crippen LogP contribution in [0.3, 0.4) is 0 Å². The highest BCUT2D eigenvalue weighted by Gasteiger charge is 2.19. The lowest BCUT2D eigenvalue weighted by molar-refractivity contribution is -0.167. The molecule has 1 atom stereocenters. The van der Waals surface area contributed by atoms with Crippen LogP contribution in [0, 0.1) is 0 Å². The Bertz CT molecular complexity index is 1330. The Morgan fingerprint density at radius 3 is 0.899 bits per heavy atom. The standard InChI is InChI=1S/C63H108O6/c1-4-7-10-13-16-18-20-22-24-26-28-30-31-33-34-36-38-40-42-44-47-50-53-56-62(65)68-59-60(58-67-61(64)55-52-49-46-15-12-9-6-3)69-63(66)57-54-51-48-45-43-41-39-37-35-32-29-27-25-23-21-19-17-14-11-8-5-2/h7,10,16,18,22,24,27-30,33-34,38,40,60H,4-6,8-9,11-15,17,19-21,23,25-26,31-32,35-37,39,41-59H2,1-3H3/b10-7-,18-16-,24-22-,29-27-,30-28-,34-33-,40-38-. The van der Waals surface area contributed by atoms with E-state index in [1.54, 1.807) is 0 Å². The summed E-state index contributed by atoms with van der Waals surface area (Å²) >= 11 is 0. The van der Waals surface area contributed by atoms with E-state index in [4.69, 9.17) is 14.2 Å². The summed E-state index contributed by atoms with van der Waals surface area (Å²) in [4.78, 5) is 38.0. The van der Waals surface area contributed by atoms with Crippen LogP contribution >= 0.6 is 0 Å². The first kappa shape index (κ1) is 65.6. The number of esters is 3. The Morgan fingerprint density at radius 2 is 0.565 bits per heavy atom. The number of carbonyl (C=O) groups is 3. The Balaban J connectivity index is 4.25. The highest BCUT2D eigenvalue weighted by molar-refractivity contribution is 5.71. The van der Waals surface area contributed by atoms with E-state index in [9.17, 15) is 14.4 Å². The minimum atomic E-state index is -0.786. The van der Waals surface area contributed by atoms with Gasteiger partial charge in [0.15, 0.2) is 6.10 Å². The van der Waals surface area contributed by atoms with Gasteiger partial charge in [-0.3, -0.25) is 14.4 Å². The van der Waals surface area contributed by atoms with E-state index in [-0.39, 0.29) is 31.1 Å². The predicted octanol–water partition coefficient (Wildman–Crippen LogP) is 19.5. The van der Waals surface area contributed by atoms with Crippen molar-refractivity contribution in [2.24, 2.45) is 0 Å². The van der Waals surface area contributed by atoms with Crippen LogP contribution in [-0.4, -0.2) is 37.2 Å². The molecule has 0 N–H and O–H groups in total. The van der Waals surface area contributed by atoms with Crippen molar-refractivity contribution in [3.8, 4) is 0 Å². The maximum absolute atomic E-state index is 12.8. The zero-order chi connectivity index (χ0) is 50.0. The van der Waals surface area contributed by atoms with E-state index in [2.05, 4.69) is 106 Å². The minimum Gasteiger partial charge on any atom is -0.462 e. The topological polar surface area (TPSA) is 78.9 Å². The molecule has 6 heteroatoms. The fourth-order valence-corrected chi connectivity index (χ4v) is 8.03.